The van der Waals surface area contributed by atoms with Gasteiger partial charge in [-0.1, -0.05) is 18.9 Å². The molecule has 0 heterocycles. The van der Waals surface area contributed by atoms with Crippen LogP contribution < -0.4 is 10.1 Å². The van der Waals surface area contributed by atoms with E-state index >= 15 is 0 Å². The molecule has 1 atom stereocenters. The standard InChI is InChI=1S/C16H24FNO/c1-12(18-2)15-10-9-14(11-16(15)17)19-13-7-5-3-4-6-8-13/h9-13,18H,3-8H2,1-2H3. The van der Waals surface area contributed by atoms with Gasteiger partial charge in [-0.05, 0) is 45.7 Å². The molecule has 1 aromatic carbocycles. The van der Waals surface area contributed by atoms with E-state index in [1.54, 1.807) is 0 Å². The Kier molecular flexibility index (Phi) is 5.20. The average molecular weight is 265 g/mol. The molecule has 3 heteroatoms. The maximum absolute atomic E-state index is 14.0. The SMILES string of the molecule is CNC(C)c1ccc(OC2CCCCCC2)cc1F. The van der Waals surface area contributed by atoms with Gasteiger partial charge < -0.3 is 10.1 Å². The van der Waals surface area contributed by atoms with Gasteiger partial charge in [0.05, 0.1) is 6.10 Å². The quantitative estimate of drug-likeness (QED) is 0.823. The second kappa shape index (κ2) is 6.90. The van der Waals surface area contributed by atoms with Crippen LogP contribution in [-0.2, 0) is 0 Å². The highest BCUT2D eigenvalue weighted by Crippen LogP contribution is 2.26. The molecule has 1 saturated carbocycles. The maximum atomic E-state index is 14.0. The van der Waals surface area contributed by atoms with E-state index in [2.05, 4.69) is 5.32 Å². The van der Waals surface area contributed by atoms with Crippen molar-refractivity contribution >= 4 is 0 Å². The largest absolute Gasteiger partial charge is 0.490 e. The minimum atomic E-state index is -0.187. The molecule has 1 aliphatic rings. The summed E-state index contributed by atoms with van der Waals surface area (Å²) in [5.41, 5.74) is 0.690. The van der Waals surface area contributed by atoms with E-state index in [0.717, 1.165) is 12.8 Å². The molecule has 2 nitrogen and oxygen atoms in total. The molecule has 1 aliphatic carbocycles. The summed E-state index contributed by atoms with van der Waals surface area (Å²) in [6.45, 7) is 1.95. The molecule has 0 aromatic heterocycles. The molecule has 0 spiro atoms. The molecule has 1 N–H and O–H groups in total. The van der Waals surface area contributed by atoms with Crippen molar-refractivity contribution in [3.05, 3.63) is 29.6 Å². The fourth-order valence-corrected chi connectivity index (χ4v) is 2.64. The highest BCUT2D eigenvalue weighted by atomic mass is 19.1. The zero-order valence-electron chi connectivity index (χ0n) is 11.9. The summed E-state index contributed by atoms with van der Waals surface area (Å²) in [6, 6.07) is 5.25. The lowest BCUT2D eigenvalue weighted by molar-refractivity contribution is 0.183. The van der Waals surface area contributed by atoms with Crippen molar-refractivity contribution < 1.29 is 9.13 Å². The molecule has 0 aliphatic heterocycles. The van der Waals surface area contributed by atoms with Crippen LogP contribution in [-0.4, -0.2) is 13.2 Å². The van der Waals surface area contributed by atoms with Crippen LogP contribution in [0.4, 0.5) is 4.39 Å². The molecule has 0 saturated heterocycles. The Morgan fingerprint density at radius 1 is 1.21 bits per heavy atom. The summed E-state index contributed by atoms with van der Waals surface area (Å²) in [5.74, 6) is 0.476. The lowest BCUT2D eigenvalue weighted by Gasteiger charge is -2.18. The van der Waals surface area contributed by atoms with Gasteiger partial charge in [0, 0.05) is 17.7 Å². The third-order valence-corrected chi connectivity index (χ3v) is 3.98. The lowest BCUT2D eigenvalue weighted by Crippen LogP contribution is -2.16. The van der Waals surface area contributed by atoms with Crippen LogP contribution in [0.3, 0.4) is 0 Å². The van der Waals surface area contributed by atoms with E-state index < -0.39 is 0 Å². The second-order valence-corrected chi connectivity index (χ2v) is 5.43. The highest BCUT2D eigenvalue weighted by molar-refractivity contribution is 5.30. The van der Waals surface area contributed by atoms with Crippen molar-refractivity contribution in [1.82, 2.24) is 5.32 Å². The summed E-state index contributed by atoms with van der Waals surface area (Å²) in [4.78, 5) is 0. The van der Waals surface area contributed by atoms with Gasteiger partial charge in [0.2, 0.25) is 0 Å². The van der Waals surface area contributed by atoms with Crippen LogP contribution >= 0.6 is 0 Å². The van der Waals surface area contributed by atoms with Crippen LogP contribution in [0.5, 0.6) is 5.75 Å². The van der Waals surface area contributed by atoms with E-state index in [9.17, 15) is 4.39 Å². The summed E-state index contributed by atoms with van der Waals surface area (Å²) >= 11 is 0. The topological polar surface area (TPSA) is 21.3 Å². The predicted octanol–water partition coefficient (Wildman–Crippen LogP) is 4.21. The summed E-state index contributed by atoms with van der Waals surface area (Å²) in [6.07, 6.45) is 7.49. The van der Waals surface area contributed by atoms with E-state index in [1.807, 2.05) is 26.1 Å². The third kappa shape index (κ3) is 3.93. The number of hydrogen-bond acceptors (Lipinski definition) is 2. The number of rotatable bonds is 4. The van der Waals surface area contributed by atoms with Gasteiger partial charge in [-0.2, -0.15) is 0 Å². The van der Waals surface area contributed by atoms with Crippen molar-refractivity contribution in [1.29, 1.82) is 0 Å². The molecule has 0 bridgehead atoms. The number of ether oxygens (including phenoxy) is 1. The third-order valence-electron chi connectivity index (χ3n) is 3.98. The summed E-state index contributed by atoms with van der Waals surface area (Å²) in [5, 5.41) is 3.05. The first kappa shape index (κ1) is 14.3. The van der Waals surface area contributed by atoms with Gasteiger partial charge in [-0.15, -0.1) is 0 Å². The lowest BCUT2D eigenvalue weighted by atomic mass is 10.1. The van der Waals surface area contributed by atoms with Crippen LogP contribution in [0.15, 0.2) is 18.2 Å². The maximum Gasteiger partial charge on any atom is 0.131 e. The van der Waals surface area contributed by atoms with E-state index in [1.165, 1.54) is 31.7 Å². The van der Waals surface area contributed by atoms with Crippen molar-refractivity contribution in [3.8, 4) is 5.75 Å². The van der Waals surface area contributed by atoms with Crippen LogP contribution in [0, 0.1) is 5.82 Å². The summed E-state index contributed by atoms with van der Waals surface area (Å²) in [7, 11) is 1.83. The fraction of sp³-hybridized carbons (Fsp3) is 0.625. The van der Waals surface area contributed by atoms with Gasteiger partial charge in [-0.25, -0.2) is 4.39 Å². The number of hydrogen-bond donors (Lipinski definition) is 1. The molecule has 0 amide bonds. The Bertz CT molecular complexity index is 400. The second-order valence-electron chi connectivity index (χ2n) is 5.43. The van der Waals surface area contributed by atoms with Crippen LogP contribution in [0.2, 0.25) is 0 Å². The van der Waals surface area contributed by atoms with Crippen molar-refractivity contribution in [2.75, 3.05) is 7.05 Å². The zero-order chi connectivity index (χ0) is 13.7. The molecule has 0 radical (unpaired) electrons. The first-order valence-corrected chi connectivity index (χ1v) is 7.34. The van der Waals surface area contributed by atoms with E-state index in [4.69, 9.17) is 4.74 Å². The van der Waals surface area contributed by atoms with Gasteiger partial charge in [0.1, 0.15) is 11.6 Å². The van der Waals surface area contributed by atoms with Crippen molar-refractivity contribution in [2.24, 2.45) is 0 Å². The normalized spacial score (nSPS) is 18.9. The molecule has 106 valence electrons. The van der Waals surface area contributed by atoms with Crippen molar-refractivity contribution in [2.45, 2.75) is 57.6 Å². The van der Waals surface area contributed by atoms with Gasteiger partial charge in [0.15, 0.2) is 0 Å². The van der Waals surface area contributed by atoms with Gasteiger partial charge >= 0.3 is 0 Å². The Morgan fingerprint density at radius 3 is 2.47 bits per heavy atom. The number of benzene rings is 1. The van der Waals surface area contributed by atoms with Gasteiger partial charge in [0.25, 0.3) is 0 Å². The molecular weight excluding hydrogens is 241 g/mol. The Balaban J connectivity index is 2.02. The Hall–Kier alpha value is -1.09. The summed E-state index contributed by atoms with van der Waals surface area (Å²) < 4.78 is 19.9. The zero-order valence-corrected chi connectivity index (χ0v) is 11.9. The minimum Gasteiger partial charge on any atom is -0.490 e. The molecule has 1 unspecified atom stereocenters. The first-order chi connectivity index (χ1) is 9.20. The molecule has 1 fully saturated rings. The van der Waals surface area contributed by atoms with E-state index in [0.29, 0.717) is 11.3 Å². The van der Waals surface area contributed by atoms with Crippen LogP contribution in [0.25, 0.3) is 0 Å². The molecular formula is C16H24FNO. The highest BCUT2D eigenvalue weighted by Gasteiger charge is 2.15. The van der Waals surface area contributed by atoms with Crippen molar-refractivity contribution in [3.63, 3.8) is 0 Å². The Labute approximate surface area is 115 Å². The molecule has 2 rings (SSSR count). The number of nitrogens with one attached hydrogen (secondary N) is 1. The number of halogens is 1. The molecule has 1 aromatic rings. The predicted molar refractivity (Wildman–Crippen MR) is 76.0 cm³/mol. The Morgan fingerprint density at radius 2 is 1.89 bits per heavy atom. The fourth-order valence-electron chi connectivity index (χ4n) is 2.64. The minimum absolute atomic E-state index is 0.0203. The average Bonchev–Trinajstić information content (AvgIpc) is 2.67. The monoisotopic (exact) mass is 265 g/mol. The molecule has 19 heavy (non-hydrogen) atoms. The smallest absolute Gasteiger partial charge is 0.131 e. The van der Waals surface area contributed by atoms with Gasteiger partial charge in [-0.3, -0.25) is 0 Å². The van der Waals surface area contributed by atoms with E-state index in [-0.39, 0.29) is 18.0 Å². The van der Waals surface area contributed by atoms with Crippen LogP contribution in [0.1, 0.15) is 57.1 Å². The first-order valence-electron chi connectivity index (χ1n) is 7.34.